The van der Waals surface area contributed by atoms with E-state index in [1.54, 1.807) is 14.0 Å². The van der Waals surface area contributed by atoms with Crippen molar-refractivity contribution in [3.05, 3.63) is 24.3 Å². The summed E-state index contributed by atoms with van der Waals surface area (Å²) in [6.45, 7) is 3.59. The Kier molecular flexibility index (Phi) is 7.48. The van der Waals surface area contributed by atoms with Crippen LogP contribution in [0.25, 0.3) is 11.4 Å². The Balaban J connectivity index is 1.75. The first-order chi connectivity index (χ1) is 14.1. The Hall–Kier alpha value is -2.59. The molecule has 3 rings (SSSR count). The quantitative estimate of drug-likeness (QED) is 0.631. The predicted octanol–water partition coefficient (Wildman–Crippen LogP) is 2.07. The van der Waals surface area contributed by atoms with Crippen molar-refractivity contribution in [3.63, 3.8) is 0 Å². The smallest absolute Gasteiger partial charge is 0.321 e. The topological polar surface area (TPSA) is 107 Å². The summed E-state index contributed by atoms with van der Waals surface area (Å²) in [5.74, 6) is 1.13. The third kappa shape index (κ3) is 5.70. The first-order valence-electron chi connectivity index (χ1n) is 9.50. The van der Waals surface area contributed by atoms with Crippen LogP contribution in [-0.4, -0.2) is 58.8 Å². The molecule has 2 aromatic rings. The molecule has 2 N–H and O–H groups in total. The molecule has 2 heterocycles. The van der Waals surface area contributed by atoms with Crippen LogP contribution in [-0.2, 0) is 16.1 Å². The standard InChI is InChI=1S/C19H25N5O4S/c1-3-20-18(26)21-16(25)12-29-19-23-22-17(13-6-8-14(27-2)9-7-13)24(19)11-15-5-4-10-28-15/h6-9,15H,3-5,10-12H2,1-2H3,(H2,20,21,25,26). The number of urea groups is 1. The lowest BCUT2D eigenvalue weighted by atomic mass is 10.2. The molecule has 156 valence electrons. The second-order valence-electron chi connectivity index (χ2n) is 6.48. The molecule has 0 saturated carbocycles. The van der Waals surface area contributed by atoms with E-state index in [0.717, 1.165) is 30.8 Å². The largest absolute Gasteiger partial charge is 0.497 e. The number of hydrogen-bond donors (Lipinski definition) is 2. The average molecular weight is 420 g/mol. The van der Waals surface area contributed by atoms with Crippen molar-refractivity contribution in [3.8, 4) is 17.1 Å². The predicted molar refractivity (Wildman–Crippen MR) is 109 cm³/mol. The second kappa shape index (κ2) is 10.3. The molecule has 1 saturated heterocycles. The number of benzene rings is 1. The van der Waals surface area contributed by atoms with Gasteiger partial charge in [-0.3, -0.25) is 14.7 Å². The highest BCUT2D eigenvalue weighted by Crippen LogP contribution is 2.27. The molecule has 1 aromatic carbocycles. The number of imide groups is 1. The van der Waals surface area contributed by atoms with Gasteiger partial charge >= 0.3 is 6.03 Å². The van der Waals surface area contributed by atoms with Gasteiger partial charge in [0.15, 0.2) is 11.0 Å². The fourth-order valence-electron chi connectivity index (χ4n) is 3.00. The molecule has 1 aliphatic rings. The molecule has 0 spiro atoms. The first kappa shape index (κ1) is 21.1. The van der Waals surface area contributed by atoms with Crippen LogP contribution in [0.2, 0.25) is 0 Å². The number of aromatic nitrogens is 3. The molecule has 0 aliphatic carbocycles. The number of methoxy groups -OCH3 is 1. The Labute approximate surface area is 173 Å². The zero-order valence-corrected chi connectivity index (χ0v) is 17.3. The number of rotatable bonds is 8. The monoisotopic (exact) mass is 419 g/mol. The third-order valence-corrected chi connectivity index (χ3v) is 5.36. The van der Waals surface area contributed by atoms with Crippen LogP contribution in [0.4, 0.5) is 4.79 Å². The Morgan fingerprint density at radius 2 is 2.10 bits per heavy atom. The van der Waals surface area contributed by atoms with E-state index in [-0.39, 0.29) is 11.9 Å². The second-order valence-corrected chi connectivity index (χ2v) is 7.42. The highest BCUT2D eigenvalue weighted by molar-refractivity contribution is 7.99. The molecule has 10 heteroatoms. The van der Waals surface area contributed by atoms with Gasteiger partial charge in [-0.1, -0.05) is 11.8 Å². The van der Waals surface area contributed by atoms with Crippen LogP contribution in [0.5, 0.6) is 5.75 Å². The van der Waals surface area contributed by atoms with Gasteiger partial charge in [0.25, 0.3) is 0 Å². The number of carbonyl (C=O) groups is 2. The van der Waals surface area contributed by atoms with Crippen LogP contribution < -0.4 is 15.4 Å². The van der Waals surface area contributed by atoms with Crippen molar-refractivity contribution < 1.29 is 19.1 Å². The molecule has 9 nitrogen and oxygen atoms in total. The highest BCUT2D eigenvalue weighted by atomic mass is 32.2. The number of nitrogens with zero attached hydrogens (tertiary/aromatic N) is 3. The van der Waals surface area contributed by atoms with Crippen LogP contribution in [0.3, 0.4) is 0 Å². The van der Waals surface area contributed by atoms with Gasteiger partial charge in [0.1, 0.15) is 5.75 Å². The zero-order chi connectivity index (χ0) is 20.6. The minimum Gasteiger partial charge on any atom is -0.497 e. The third-order valence-electron chi connectivity index (χ3n) is 4.40. The van der Waals surface area contributed by atoms with Gasteiger partial charge in [0.05, 0.1) is 25.5 Å². The van der Waals surface area contributed by atoms with Crippen molar-refractivity contribution in [1.29, 1.82) is 0 Å². The molecule has 3 amide bonds. The summed E-state index contributed by atoms with van der Waals surface area (Å²) in [6.07, 6.45) is 2.09. The highest BCUT2D eigenvalue weighted by Gasteiger charge is 2.22. The Morgan fingerprint density at radius 3 is 2.76 bits per heavy atom. The maximum Gasteiger partial charge on any atom is 0.321 e. The molecule has 1 fully saturated rings. The van der Waals surface area contributed by atoms with Gasteiger partial charge in [-0.15, -0.1) is 10.2 Å². The van der Waals surface area contributed by atoms with Gasteiger partial charge in [-0.05, 0) is 44.0 Å². The minimum absolute atomic E-state index is 0.0589. The summed E-state index contributed by atoms with van der Waals surface area (Å²) in [7, 11) is 1.62. The Bertz CT molecular complexity index is 834. The van der Waals surface area contributed by atoms with Gasteiger partial charge in [-0.2, -0.15) is 0 Å². The van der Waals surface area contributed by atoms with Crippen LogP contribution in [0.15, 0.2) is 29.4 Å². The normalized spacial score (nSPS) is 15.9. The fraction of sp³-hybridized carbons (Fsp3) is 0.474. The molecular formula is C19H25N5O4S. The van der Waals surface area contributed by atoms with Gasteiger partial charge < -0.3 is 14.8 Å². The lowest BCUT2D eigenvalue weighted by molar-refractivity contribution is -0.117. The van der Waals surface area contributed by atoms with E-state index < -0.39 is 11.9 Å². The van der Waals surface area contributed by atoms with Crippen LogP contribution >= 0.6 is 11.8 Å². The van der Waals surface area contributed by atoms with Gasteiger partial charge in [0.2, 0.25) is 5.91 Å². The number of amides is 3. The molecule has 1 unspecified atom stereocenters. The van der Waals surface area contributed by atoms with Crippen LogP contribution in [0, 0.1) is 0 Å². The van der Waals surface area contributed by atoms with Gasteiger partial charge in [-0.25, -0.2) is 4.79 Å². The minimum atomic E-state index is -0.502. The lowest BCUT2D eigenvalue weighted by Crippen LogP contribution is -2.40. The van der Waals surface area contributed by atoms with E-state index in [2.05, 4.69) is 20.8 Å². The summed E-state index contributed by atoms with van der Waals surface area (Å²) in [4.78, 5) is 23.5. The molecular weight excluding hydrogens is 394 g/mol. The Morgan fingerprint density at radius 1 is 1.31 bits per heavy atom. The average Bonchev–Trinajstić information content (AvgIpc) is 3.37. The maximum absolute atomic E-state index is 12.0. The summed E-state index contributed by atoms with van der Waals surface area (Å²) < 4.78 is 13.0. The summed E-state index contributed by atoms with van der Waals surface area (Å²) >= 11 is 1.24. The molecule has 1 aliphatic heterocycles. The van der Waals surface area contributed by atoms with E-state index >= 15 is 0 Å². The van der Waals surface area contributed by atoms with E-state index in [0.29, 0.717) is 24.1 Å². The number of carbonyl (C=O) groups excluding carboxylic acids is 2. The molecule has 0 bridgehead atoms. The first-order valence-corrected chi connectivity index (χ1v) is 10.5. The number of thioether (sulfide) groups is 1. The summed E-state index contributed by atoms with van der Waals surface area (Å²) in [5, 5.41) is 14.0. The van der Waals surface area contributed by atoms with E-state index in [1.807, 2.05) is 28.8 Å². The molecule has 0 radical (unpaired) electrons. The molecule has 29 heavy (non-hydrogen) atoms. The fourth-order valence-corrected chi connectivity index (χ4v) is 3.75. The van der Waals surface area contributed by atoms with Crippen LogP contribution in [0.1, 0.15) is 19.8 Å². The zero-order valence-electron chi connectivity index (χ0n) is 16.5. The molecule has 1 atom stereocenters. The lowest BCUT2D eigenvalue weighted by Gasteiger charge is -2.15. The summed E-state index contributed by atoms with van der Waals surface area (Å²) in [5.41, 5.74) is 0.898. The number of hydrogen-bond acceptors (Lipinski definition) is 7. The number of nitrogens with one attached hydrogen (secondary N) is 2. The number of ether oxygens (including phenoxy) is 2. The maximum atomic E-state index is 12.0. The van der Waals surface area contributed by atoms with E-state index in [4.69, 9.17) is 9.47 Å². The van der Waals surface area contributed by atoms with E-state index in [9.17, 15) is 9.59 Å². The van der Waals surface area contributed by atoms with Crippen molar-refractivity contribution in [2.24, 2.45) is 0 Å². The van der Waals surface area contributed by atoms with Crippen molar-refractivity contribution in [2.45, 2.75) is 37.6 Å². The summed E-state index contributed by atoms with van der Waals surface area (Å²) in [6, 6.07) is 7.08. The molecule has 1 aromatic heterocycles. The van der Waals surface area contributed by atoms with Crippen molar-refractivity contribution in [2.75, 3.05) is 26.0 Å². The SMILES string of the molecule is CCNC(=O)NC(=O)CSc1nnc(-c2ccc(OC)cc2)n1CC1CCCO1. The van der Waals surface area contributed by atoms with Crippen molar-refractivity contribution >= 4 is 23.7 Å². The van der Waals surface area contributed by atoms with Gasteiger partial charge in [0, 0.05) is 18.7 Å². The van der Waals surface area contributed by atoms with Crippen molar-refractivity contribution in [1.82, 2.24) is 25.4 Å². The van der Waals surface area contributed by atoms with E-state index in [1.165, 1.54) is 11.8 Å².